The van der Waals surface area contributed by atoms with Gasteiger partial charge in [0.05, 0.1) is 13.2 Å². The predicted molar refractivity (Wildman–Crippen MR) is 190 cm³/mol. The highest BCUT2D eigenvalue weighted by atomic mass is 32.2. The molecule has 0 heterocycles. The lowest BCUT2D eigenvalue weighted by molar-refractivity contribution is 0.102. The molecule has 0 spiro atoms. The first kappa shape index (κ1) is 51.3. The van der Waals surface area contributed by atoms with Crippen molar-refractivity contribution < 1.29 is 103 Å². The number of Topliss-reactive ketones (excluding diaryl/α,β-unsaturated/α-hetero) is 1. The third-order valence-electron chi connectivity index (χ3n) is 9.70. The van der Waals surface area contributed by atoms with Gasteiger partial charge in [0, 0.05) is 16.5 Å². The maximum atomic E-state index is 15.4. The first-order valence-corrected chi connectivity index (χ1v) is 19.2. The second-order valence-corrected chi connectivity index (χ2v) is 15.9. The van der Waals surface area contributed by atoms with Gasteiger partial charge < -0.3 is 10.2 Å². The van der Waals surface area contributed by atoms with Gasteiger partial charge in [-0.05, 0) is 11.5 Å². The fraction of sp³-hybridized carbons (Fsp3) is 0.205. The number of ketones is 1. The SMILES string of the molecule is CC(C)c1ccc(C(=O)C[S+](CCO)CCO)cc1.Fc1c(F)c(F)c([B-](c2c(F)c(F)c(F)c(F)c2F)(c2c(F)c(F)c(F)c(F)c2F)c2c(F)c(F)c(F)c(F)c2F)c(F)c1F. The van der Waals surface area contributed by atoms with E-state index in [1.54, 1.807) is 0 Å². The Bertz CT molecular complexity index is 2240. The van der Waals surface area contributed by atoms with Crippen LogP contribution in [0.1, 0.15) is 35.7 Å². The van der Waals surface area contributed by atoms with Crippen molar-refractivity contribution in [1.82, 2.24) is 0 Å². The summed E-state index contributed by atoms with van der Waals surface area (Å²) in [4.78, 5) is 12.1. The van der Waals surface area contributed by atoms with Gasteiger partial charge in [0.1, 0.15) is 64.2 Å². The normalized spacial score (nSPS) is 11.8. The molecular weight excluding hydrogens is 939 g/mol. The van der Waals surface area contributed by atoms with Crippen LogP contribution in [0.5, 0.6) is 0 Å². The molecule has 0 aromatic heterocycles. The quantitative estimate of drug-likeness (QED) is 0.0342. The first-order valence-electron chi connectivity index (χ1n) is 17.5. The average Bonchev–Trinajstić information content (AvgIpc) is 3.26. The molecule has 0 unspecified atom stereocenters. The van der Waals surface area contributed by atoms with E-state index in [2.05, 4.69) is 13.8 Å². The van der Waals surface area contributed by atoms with E-state index < -0.39 is 144 Å². The van der Waals surface area contributed by atoms with Gasteiger partial charge in [0.25, 0.3) is 0 Å². The van der Waals surface area contributed by atoms with Gasteiger partial charge in [-0.1, -0.05) is 38.1 Å². The highest BCUT2D eigenvalue weighted by Gasteiger charge is 2.52. The molecule has 0 atom stereocenters. The van der Waals surface area contributed by atoms with Gasteiger partial charge in [-0.15, -0.1) is 21.9 Å². The predicted octanol–water partition coefficient (Wildman–Crippen LogP) is 7.44. The van der Waals surface area contributed by atoms with Crippen LogP contribution in [-0.4, -0.2) is 52.6 Å². The summed E-state index contributed by atoms with van der Waals surface area (Å²) < 4.78 is 294. The number of carbonyl (C=O) groups excluding carboxylic acids is 1. The summed E-state index contributed by atoms with van der Waals surface area (Å²) in [5.41, 5.74) is -12.4. The van der Waals surface area contributed by atoms with E-state index in [9.17, 15) is 57.5 Å². The number of benzene rings is 5. The molecule has 346 valence electrons. The van der Waals surface area contributed by atoms with Gasteiger partial charge in [-0.3, -0.25) is 4.79 Å². The van der Waals surface area contributed by atoms with Gasteiger partial charge in [0.2, 0.25) is 5.78 Å². The second-order valence-electron chi connectivity index (χ2n) is 13.6. The number of halogens is 20. The van der Waals surface area contributed by atoms with Gasteiger partial charge >= 0.3 is 0 Å². The van der Waals surface area contributed by atoms with Crippen molar-refractivity contribution in [2.45, 2.75) is 19.8 Å². The standard InChI is InChI=1S/C24BF20.C15H23O3S/c26-5-1(6(27)14(35)21(42)13(5)34)25(2-7(28)15(36)22(43)16(37)8(2)29,3-9(30)17(38)23(44)18(39)10(3)31)4-11(32)19(40)24(45)20(41)12(4)33;1-12(2)13-3-5-14(6-4-13)15(18)11-19(9-7-16)10-8-17/h;3-6,12,16-17H,7-11H2,1-2H3/q-1;+1. The molecule has 5 rings (SSSR count). The van der Waals surface area contributed by atoms with Crippen molar-refractivity contribution in [3.05, 3.63) is 152 Å². The molecule has 0 bridgehead atoms. The first-order chi connectivity index (χ1) is 29.8. The van der Waals surface area contributed by atoms with Crippen LogP contribution in [0.25, 0.3) is 0 Å². The van der Waals surface area contributed by atoms with E-state index in [-0.39, 0.29) is 29.9 Å². The molecule has 0 fully saturated rings. The molecule has 0 radical (unpaired) electrons. The smallest absolute Gasteiger partial charge is 0.211 e. The van der Waals surface area contributed by atoms with Crippen molar-refractivity contribution in [3.8, 4) is 0 Å². The van der Waals surface area contributed by atoms with Crippen LogP contribution < -0.4 is 21.9 Å². The number of carbonyl (C=O) groups is 1. The monoisotopic (exact) mass is 962 g/mol. The summed E-state index contributed by atoms with van der Waals surface area (Å²) in [5.74, 6) is -69.2. The lowest BCUT2D eigenvalue weighted by Gasteiger charge is -2.44. The summed E-state index contributed by atoms with van der Waals surface area (Å²) in [5, 5.41) is 17.9. The maximum absolute atomic E-state index is 15.4. The molecule has 0 saturated carbocycles. The molecule has 0 amide bonds. The van der Waals surface area contributed by atoms with Crippen molar-refractivity contribution in [1.29, 1.82) is 0 Å². The van der Waals surface area contributed by atoms with Crippen LogP contribution >= 0.6 is 0 Å². The molecule has 0 aliphatic carbocycles. The number of hydrogen-bond donors (Lipinski definition) is 2. The van der Waals surface area contributed by atoms with Crippen molar-refractivity contribution in [3.63, 3.8) is 0 Å². The Morgan fingerprint density at radius 1 is 0.422 bits per heavy atom. The minimum absolute atomic E-state index is 0.0721. The Kier molecular flexibility index (Phi) is 15.9. The molecule has 5 aromatic carbocycles. The molecule has 3 nitrogen and oxygen atoms in total. The van der Waals surface area contributed by atoms with E-state index in [0.717, 1.165) is 5.56 Å². The Hall–Kier alpha value is -5.30. The lowest BCUT2D eigenvalue weighted by Crippen LogP contribution is -2.81. The molecule has 0 aliphatic heterocycles. The van der Waals surface area contributed by atoms with Crippen LogP contribution in [0.4, 0.5) is 87.8 Å². The van der Waals surface area contributed by atoms with Crippen molar-refractivity contribution in [2.24, 2.45) is 0 Å². The number of aliphatic hydroxyl groups is 2. The Morgan fingerprint density at radius 2 is 0.641 bits per heavy atom. The Labute approximate surface area is 349 Å². The number of aliphatic hydroxyl groups excluding tert-OH is 2. The summed E-state index contributed by atoms with van der Waals surface area (Å²) in [7, 11) is -0.219. The number of hydrogen-bond acceptors (Lipinski definition) is 3. The average molecular weight is 962 g/mol. The van der Waals surface area contributed by atoms with E-state index in [0.29, 0.717) is 23.2 Å². The second kappa shape index (κ2) is 19.8. The molecule has 5 aromatic rings. The van der Waals surface area contributed by atoms with Crippen molar-refractivity contribution in [2.75, 3.05) is 30.5 Å². The summed E-state index contributed by atoms with van der Waals surface area (Å²) >= 11 is 0. The van der Waals surface area contributed by atoms with Crippen LogP contribution in [0.3, 0.4) is 0 Å². The topological polar surface area (TPSA) is 57.5 Å². The molecule has 0 aliphatic rings. The maximum Gasteiger partial charge on any atom is 0.211 e. The van der Waals surface area contributed by atoms with E-state index >= 15 is 35.1 Å². The summed E-state index contributed by atoms with van der Waals surface area (Å²) in [6.07, 6.45) is -7.22. The molecular formula is C39H23BF20O3S. The van der Waals surface area contributed by atoms with E-state index in [1.165, 1.54) is 5.56 Å². The molecule has 64 heavy (non-hydrogen) atoms. The third kappa shape index (κ3) is 8.64. The minimum Gasteiger partial charge on any atom is -0.391 e. The Balaban J connectivity index is 0.000000395. The van der Waals surface area contributed by atoms with Gasteiger partial charge in [0.15, 0.2) is 75.6 Å². The largest absolute Gasteiger partial charge is 0.391 e. The minimum atomic E-state index is -7.22. The fourth-order valence-corrected chi connectivity index (χ4v) is 8.25. The zero-order valence-electron chi connectivity index (χ0n) is 31.8. The molecule has 2 N–H and O–H groups in total. The molecule has 25 heteroatoms. The van der Waals surface area contributed by atoms with Gasteiger partial charge in [-0.2, -0.15) is 0 Å². The molecule has 0 saturated heterocycles. The lowest BCUT2D eigenvalue weighted by atomic mass is 9.12. The zero-order valence-corrected chi connectivity index (χ0v) is 32.6. The van der Waals surface area contributed by atoms with E-state index in [1.807, 2.05) is 24.3 Å². The zero-order chi connectivity index (χ0) is 48.6. The van der Waals surface area contributed by atoms with Gasteiger partial charge in [-0.25, -0.2) is 87.8 Å². The van der Waals surface area contributed by atoms with Crippen LogP contribution in [0.2, 0.25) is 0 Å². The van der Waals surface area contributed by atoms with E-state index in [4.69, 9.17) is 10.2 Å². The fourth-order valence-electron chi connectivity index (χ4n) is 6.70. The van der Waals surface area contributed by atoms with Crippen molar-refractivity contribution >= 4 is 44.7 Å². The highest BCUT2D eigenvalue weighted by Crippen LogP contribution is 2.31. The highest BCUT2D eigenvalue weighted by molar-refractivity contribution is 7.97. The van der Waals surface area contributed by atoms with Crippen LogP contribution in [0, 0.1) is 116 Å². The van der Waals surface area contributed by atoms with Crippen LogP contribution in [0.15, 0.2) is 24.3 Å². The Morgan fingerprint density at radius 3 is 0.844 bits per heavy atom. The summed E-state index contributed by atoms with van der Waals surface area (Å²) in [6.45, 7) is 4.39. The third-order valence-corrected chi connectivity index (χ3v) is 11.9. The number of rotatable bonds is 12. The van der Waals surface area contributed by atoms with Crippen LogP contribution in [-0.2, 0) is 10.9 Å². The summed E-state index contributed by atoms with van der Waals surface area (Å²) in [6, 6.07) is 7.73.